The van der Waals surface area contributed by atoms with Crippen LogP contribution in [-0.4, -0.2) is 22.6 Å². The molecule has 1 aliphatic rings. The van der Waals surface area contributed by atoms with Crippen LogP contribution in [0.1, 0.15) is 18.7 Å². The molecule has 5 heteroatoms. The van der Waals surface area contributed by atoms with Crippen molar-refractivity contribution in [3.05, 3.63) is 5.89 Å². The lowest BCUT2D eigenvalue weighted by Crippen LogP contribution is -2.23. The third-order valence-corrected chi connectivity index (χ3v) is 1.82. The highest BCUT2D eigenvalue weighted by Crippen LogP contribution is 2.18. The van der Waals surface area contributed by atoms with Crippen LogP contribution in [0.25, 0.3) is 0 Å². The maximum atomic E-state index is 11.2. The van der Waals surface area contributed by atoms with E-state index in [1.165, 1.54) is 4.90 Å². The molecule has 64 valence electrons. The number of hydrogen-bond donors (Lipinski definition) is 0. The molecule has 0 spiro atoms. The van der Waals surface area contributed by atoms with Gasteiger partial charge in [-0.3, -0.25) is 9.69 Å². The Hall–Kier alpha value is -1.39. The second-order valence-electron chi connectivity index (χ2n) is 2.75. The van der Waals surface area contributed by atoms with E-state index in [1.54, 1.807) is 6.92 Å². The quantitative estimate of drug-likeness (QED) is 0.611. The molecule has 5 nitrogen and oxygen atoms in total. The number of rotatable bonds is 1. The first-order valence-corrected chi connectivity index (χ1v) is 3.88. The summed E-state index contributed by atoms with van der Waals surface area (Å²) < 4.78 is 5.12. The van der Waals surface area contributed by atoms with Gasteiger partial charge in [-0.05, 0) is 6.42 Å². The summed E-state index contributed by atoms with van der Waals surface area (Å²) in [6.45, 7) is 2.40. The van der Waals surface area contributed by atoms with Crippen molar-refractivity contribution >= 4 is 11.9 Å². The van der Waals surface area contributed by atoms with Crippen LogP contribution in [0.4, 0.5) is 6.01 Å². The Morgan fingerprint density at radius 2 is 2.33 bits per heavy atom. The van der Waals surface area contributed by atoms with E-state index in [-0.39, 0.29) is 5.91 Å². The molecule has 0 aliphatic carbocycles. The van der Waals surface area contributed by atoms with Gasteiger partial charge in [-0.1, -0.05) is 5.10 Å². The van der Waals surface area contributed by atoms with E-state index in [9.17, 15) is 4.79 Å². The Morgan fingerprint density at radius 3 is 2.83 bits per heavy atom. The molecule has 0 saturated carbocycles. The summed E-state index contributed by atoms with van der Waals surface area (Å²) in [6.07, 6.45) is 1.46. The predicted molar refractivity (Wildman–Crippen MR) is 40.6 cm³/mol. The molecule has 0 unspecified atom stereocenters. The Morgan fingerprint density at radius 1 is 1.50 bits per heavy atom. The molecule has 1 saturated heterocycles. The third kappa shape index (κ3) is 1.07. The molecule has 1 aliphatic heterocycles. The van der Waals surface area contributed by atoms with Crippen LogP contribution in [0.2, 0.25) is 0 Å². The number of hydrogen-bond acceptors (Lipinski definition) is 4. The number of aromatic nitrogens is 2. The number of aryl methyl sites for hydroxylation is 1. The van der Waals surface area contributed by atoms with E-state index in [2.05, 4.69) is 10.2 Å². The zero-order chi connectivity index (χ0) is 8.55. The van der Waals surface area contributed by atoms with Crippen molar-refractivity contribution in [3.63, 3.8) is 0 Å². The number of carbonyl (C=O) groups excluding carboxylic acids is 1. The molecular weight excluding hydrogens is 158 g/mol. The van der Waals surface area contributed by atoms with Gasteiger partial charge < -0.3 is 4.42 Å². The van der Waals surface area contributed by atoms with E-state index in [0.717, 1.165) is 6.42 Å². The first-order chi connectivity index (χ1) is 5.77. The summed E-state index contributed by atoms with van der Waals surface area (Å²) in [7, 11) is 0. The van der Waals surface area contributed by atoms with Crippen LogP contribution in [-0.2, 0) is 4.79 Å². The van der Waals surface area contributed by atoms with Gasteiger partial charge in [0.2, 0.25) is 11.8 Å². The van der Waals surface area contributed by atoms with Crippen molar-refractivity contribution in [3.8, 4) is 0 Å². The minimum Gasteiger partial charge on any atom is -0.408 e. The molecule has 0 bridgehead atoms. The van der Waals surface area contributed by atoms with Gasteiger partial charge in [-0.2, -0.15) is 0 Å². The van der Waals surface area contributed by atoms with Crippen molar-refractivity contribution in [2.24, 2.45) is 0 Å². The normalized spacial score (nSPS) is 17.4. The van der Waals surface area contributed by atoms with Crippen molar-refractivity contribution < 1.29 is 9.21 Å². The average Bonchev–Trinajstić information content (AvgIpc) is 2.58. The predicted octanol–water partition coefficient (Wildman–Crippen LogP) is 0.505. The minimum absolute atomic E-state index is 0.0682. The molecule has 0 radical (unpaired) electrons. The summed E-state index contributed by atoms with van der Waals surface area (Å²) in [4.78, 5) is 12.7. The van der Waals surface area contributed by atoms with Crippen molar-refractivity contribution in [1.29, 1.82) is 0 Å². The summed E-state index contributed by atoms with van der Waals surface area (Å²) in [5.41, 5.74) is 0. The van der Waals surface area contributed by atoms with E-state index in [1.807, 2.05) is 0 Å². The van der Waals surface area contributed by atoms with Crippen LogP contribution >= 0.6 is 0 Å². The number of anilines is 1. The number of nitrogens with zero attached hydrogens (tertiary/aromatic N) is 3. The highest BCUT2D eigenvalue weighted by molar-refractivity contribution is 5.93. The highest BCUT2D eigenvalue weighted by Gasteiger charge is 2.25. The summed E-state index contributed by atoms with van der Waals surface area (Å²) >= 11 is 0. The summed E-state index contributed by atoms with van der Waals surface area (Å²) in [5.74, 6) is 0.559. The SMILES string of the molecule is Cc1nnc(N2CCCC2=O)o1. The second kappa shape index (κ2) is 2.58. The van der Waals surface area contributed by atoms with Gasteiger partial charge in [0.1, 0.15) is 0 Å². The van der Waals surface area contributed by atoms with Crippen LogP contribution in [0.3, 0.4) is 0 Å². The van der Waals surface area contributed by atoms with E-state index in [0.29, 0.717) is 24.9 Å². The maximum Gasteiger partial charge on any atom is 0.324 e. The summed E-state index contributed by atoms with van der Waals surface area (Å²) in [5, 5.41) is 7.42. The number of amides is 1. The Kier molecular flexibility index (Phi) is 1.56. The van der Waals surface area contributed by atoms with Crippen LogP contribution in [0, 0.1) is 6.92 Å². The lowest BCUT2D eigenvalue weighted by molar-refractivity contribution is -0.117. The van der Waals surface area contributed by atoms with Crippen LogP contribution in [0.5, 0.6) is 0 Å². The van der Waals surface area contributed by atoms with E-state index < -0.39 is 0 Å². The van der Waals surface area contributed by atoms with Gasteiger partial charge in [-0.15, -0.1) is 5.10 Å². The first kappa shape index (κ1) is 7.27. The molecule has 2 rings (SSSR count). The van der Waals surface area contributed by atoms with Gasteiger partial charge in [-0.25, -0.2) is 0 Å². The first-order valence-electron chi connectivity index (χ1n) is 3.88. The van der Waals surface area contributed by atoms with Crippen molar-refractivity contribution in [1.82, 2.24) is 10.2 Å². The molecule has 0 atom stereocenters. The highest BCUT2D eigenvalue weighted by atomic mass is 16.4. The molecule has 1 aromatic heterocycles. The summed E-state index contributed by atoms with van der Waals surface area (Å²) in [6, 6.07) is 0.329. The molecular formula is C7H9N3O2. The number of carbonyl (C=O) groups is 1. The second-order valence-corrected chi connectivity index (χ2v) is 2.75. The zero-order valence-electron chi connectivity index (χ0n) is 6.78. The van der Waals surface area contributed by atoms with E-state index in [4.69, 9.17) is 4.42 Å². The van der Waals surface area contributed by atoms with Gasteiger partial charge in [0.15, 0.2) is 0 Å². The molecule has 2 heterocycles. The van der Waals surface area contributed by atoms with Gasteiger partial charge in [0.05, 0.1) is 0 Å². The van der Waals surface area contributed by atoms with Gasteiger partial charge in [0.25, 0.3) is 0 Å². The van der Waals surface area contributed by atoms with Gasteiger partial charge in [0, 0.05) is 19.9 Å². The fraction of sp³-hybridized carbons (Fsp3) is 0.571. The smallest absolute Gasteiger partial charge is 0.324 e. The topological polar surface area (TPSA) is 59.2 Å². The van der Waals surface area contributed by atoms with Gasteiger partial charge >= 0.3 is 6.01 Å². The lowest BCUT2D eigenvalue weighted by atomic mass is 10.4. The average molecular weight is 167 g/mol. The lowest BCUT2D eigenvalue weighted by Gasteiger charge is -2.07. The molecule has 12 heavy (non-hydrogen) atoms. The monoisotopic (exact) mass is 167 g/mol. The minimum atomic E-state index is 0.0682. The maximum absolute atomic E-state index is 11.2. The van der Waals surface area contributed by atoms with Crippen LogP contribution < -0.4 is 4.90 Å². The third-order valence-electron chi connectivity index (χ3n) is 1.82. The molecule has 1 aromatic rings. The fourth-order valence-electron chi connectivity index (χ4n) is 1.25. The van der Waals surface area contributed by atoms with E-state index >= 15 is 0 Å². The van der Waals surface area contributed by atoms with Crippen LogP contribution in [0.15, 0.2) is 4.42 Å². The Bertz CT molecular complexity index is 307. The Balaban J connectivity index is 2.24. The molecule has 0 aromatic carbocycles. The molecule has 1 fully saturated rings. The fourth-order valence-corrected chi connectivity index (χ4v) is 1.25. The molecule has 0 N–H and O–H groups in total. The molecule has 1 amide bonds. The largest absolute Gasteiger partial charge is 0.408 e. The Labute approximate surface area is 69.4 Å². The zero-order valence-corrected chi connectivity index (χ0v) is 6.78. The van der Waals surface area contributed by atoms with Crippen molar-refractivity contribution in [2.75, 3.05) is 11.4 Å². The standard InChI is InChI=1S/C7H9N3O2/c1-5-8-9-7(12-5)10-4-2-3-6(10)11/h2-4H2,1H3. The van der Waals surface area contributed by atoms with Crippen molar-refractivity contribution in [2.45, 2.75) is 19.8 Å².